The summed E-state index contributed by atoms with van der Waals surface area (Å²) in [7, 11) is 0. The first kappa shape index (κ1) is 17.7. The van der Waals surface area contributed by atoms with Gasteiger partial charge in [-0.2, -0.15) is 0 Å². The minimum Gasteiger partial charge on any atom is -0.477 e. The molecule has 0 atom stereocenters. The molecule has 2 N–H and O–H groups in total. The fraction of sp³-hybridized carbons (Fsp3) is 0.591. The minimum atomic E-state index is 0.146. The molecular formula is C22H30N2O2. The molecule has 1 saturated carbocycles. The molecule has 26 heavy (non-hydrogen) atoms. The highest BCUT2D eigenvalue weighted by Gasteiger charge is 2.17. The van der Waals surface area contributed by atoms with E-state index in [1.165, 1.54) is 67.9 Å². The smallest absolute Gasteiger partial charge is 0.218 e. The molecule has 0 unspecified atom stereocenters. The Morgan fingerprint density at radius 1 is 1.04 bits per heavy atom. The summed E-state index contributed by atoms with van der Waals surface area (Å²) in [5.41, 5.74) is 5.08. The Bertz CT molecular complexity index is 753. The molecular weight excluding hydrogens is 324 g/mol. The number of fused-ring (bicyclic) bond motifs is 2. The SMILES string of the molecule is OCCNCc1cc2cc3c(cc2nc1OCC1CCCCC1)CCC3. The second-order valence-electron chi connectivity index (χ2n) is 7.84. The first-order valence-corrected chi connectivity index (χ1v) is 10.2. The number of benzene rings is 1. The molecule has 4 nitrogen and oxygen atoms in total. The average Bonchev–Trinajstić information content (AvgIpc) is 3.12. The maximum atomic E-state index is 9.06. The number of aliphatic hydroxyl groups is 1. The largest absolute Gasteiger partial charge is 0.477 e. The van der Waals surface area contributed by atoms with Crippen LogP contribution in [-0.4, -0.2) is 29.8 Å². The topological polar surface area (TPSA) is 54.4 Å². The van der Waals surface area contributed by atoms with Crippen LogP contribution >= 0.6 is 0 Å². The van der Waals surface area contributed by atoms with Crippen LogP contribution in [0.2, 0.25) is 0 Å². The number of hydrogen-bond acceptors (Lipinski definition) is 4. The zero-order valence-electron chi connectivity index (χ0n) is 15.6. The van der Waals surface area contributed by atoms with Gasteiger partial charge in [0.05, 0.1) is 18.7 Å². The molecule has 4 rings (SSSR count). The van der Waals surface area contributed by atoms with Crippen LogP contribution in [0.1, 0.15) is 55.2 Å². The van der Waals surface area contributed by atoms with Crippen molar-refractivity contribution in [3.63, 3.8) is 0 Å². The van der Waals surface area contributed by atoms with Crippen LogP contribution in [0.5, 0.6) is 5.88 Å². The summed E-state index contributed by atoms with van der Waals surface area (Å²) in [5.74, 6) is 1.44. The quantitative estimate of drug-likeness (QED) is 0.743. The van der Waals surface area contributed by atoms with Crippen LogP contribution in [0, 0.1) is 5.92 Å². The van der Waals surface area contributed by atoms with E-state index >= 15 is 0 Å². The highest BCUT2D eigenvalue weighted by atomic mass is 16.5. The van der Waals surface area contributed by atoms with E-state index in [-0.39, 0.29) is 6.61 Å². The van der Waals surface area contributed by atoms with E-state index in [0.717, 1.165) is 23.6 Å². The molecule has 0 radical (unpaired) electrons. The summed E-state index contributed by atoms with van der Waals surface area (Å²) in [6, 6.07) is 6.79. The Morgan fingerprint density at radius 3 is 2.65 bits per heavy atom. The Balaban J connectivity index is 1.58. The van der Waals surface area contributed by atoms with Crippen molar-refractivity contribution in [1.29, 1.82) is 0 Å². The van der Waals surface area contributed by atoms with Crippen LogP contribution in [0.15, 0.2) is 18.2 Å². The first-order valence-electron chi connectivity index (χ1n) is 10.2. The van der Waals surface area contributed by atoms with E-state index in [4.69, 9.17) is 14.8 Å². The number of rotatable bonds is 7. The highest BCUT2D eigenvalue weighted by Crippen LogP contribution is 2.30. The molecule has 1 heterocycles. The third kappa shape index (κ3) is 4.02. The van der Waals surface area contributed by atoms with Gasteiger partial charge in [0, 0.05) is 24.0 Å². The second kappa shape index (κ2) is 8.36. The van der Waals surface area contributed by atoms with E-state index in [2.05, 4.69) is 23.5 Å². The Labute approximate surface area is 156 Å². The number of aryl methyl sites for hydroxylation is 2. The molecule has 1 aromatic carbocycles. The Morgan fingerprint density at radius 2 is 1.85 bits per heavy atom. The number of nitrogens with one attached hydrogen (secondary N) is 1. The molecule has 2 aromatic rings. The number of ether oxygens (including phenoxy) is 1. The van der Waals surface area contributed by atoms with Gasteiger partial charge in [0.1, 0.15) is 0 Å². The van der Waals surface area contributed by atoms with Crippen molar-refractivity contribution in [2.45, 2.75) is 57.9 Å². The van der Waals surface area contributed by atoms with Gasteiger partial charge in [0.15, 0.2) is 0 Å². The van der Waals surface area contributed by atoms with Crippen LogP contribution < -0.4 is 10.1 Å². The molecule has 0 aliphatic heterocycles. The summed E-state index contributed by atoms with van der Waals surface area (Å²) in [5, 5.41) is 13.5. The van der Waals surface area contributed by atoms with Crippen LogP contribution in [0.25, 0.3) is 10.9 Å². The van der Waals surface area contributed by atoms with Gasteiger partial charge in [-0.15, -0.1) is 0 Å². The molecule has 2 aliphatic rings. The minimum absolute atomic E-state index is 0.146. The number of hydrogen-bond donors (Lipinski definition) is 2. The number of nitrogens with zero attached hydrogens (tertiary/aromatic N) is 1. The summed E-state index contributed by atoms with van der Waals surface area (Å²) in [6.07, 6.45) is 10.2. The molecule has 140 valence electrons. The molecule has 0 bridgehead atoms. The average molecular weight is 354 g/mol. The van der Waals surface area contributed by atoms with Gasteiger partial charge in [0.25, 0.3) is 0 Å². The second-order valence-corrected chi connectivity index (χ2v) is 7.84. The summed E-state index contributed by atoms with van der Waals surface area (Å²) < 4.78 is 6.22. The van der Waals surface area contributed by atoms with Crippen molar-refractivity contribution in [2.75, 3.05) is 19.8 Å². The normalized spacial score (nSPS) is 17.6. The van der Waals surface area contributed by atoms with Gasteiger partial charge in [-0.3, -0.25) is 0 Å². The summed E-state index contributed by atoms with van der Waals surface area (Å²) in [4.78, 5) is 4.89. The van der Waals surface area contributed by atoms with Crippen LogP contribution in [0.3, 0.4) is 0 Å². The molecule has 1 aromatic heterocycles. The predicted molar refractivity (Wildman–Crippen MR) is 105 cm³/mol. The van der Waals surface area contributed by atoms with Gasteiger partial charge >= 0.3 is 0 Å². The molecule has 4 heteroatoms. The Hall–Kier alpha value is -1.65. The van der Waals surface area contributed by atoms with E-state index in [1.807, 2.05) is 0 Å². The van der Waals surface area contributed by atoms with Crippen molar-refractivity contribution >= 4 is 10.9 Å². The highest BCUT2D eigenvalue weighted by molar-refractivity contribution is 5.82. The van der Waals surface area contributed by atoms with E-state index < -0.39 is 0 Å². The molecule has 0 spiro atoms. The lowest BCUT2D eigenvalue weighted by Crippen LogP contribution is -2.20. The Kier molecular flexibility index (Phi) is 5.71. The number of pyridine rings is 1. The van der Waals surface area contributed by atoms with Crippen molar-refractivity contribution in [3.05, 3.63) is 34.9 Å². The van der Waals surface area contributed by atoms with E-state index in [9.17, 15) is 0 Å². The van der Waals surface area contributed by atoms with Gasteiger partial charge in [0.2, 0.25) is 5.88 Å². The standard InChI is InChI=1S/C22H30N2O2/c25-10-9-23-14-20-12-19-11-17-7-4-8-18(17)13-21(19)24-22(20)26-15-16-5-2-1-3-6-16/h11-13,16,23,25H,1-10,14-15H2. The third-order valence-corrected chi connectivity index (χ3v) is 5.85. The van der Waals surface area contributed by atoms with Crippen molar-refractivity contribution in [1.82, 2.24) is 10.3 Å². The molecule has 0 saturated heterocycles. The monoisotopic (exact) mass is 354 g/mol. The van der Waals surface area contributed by atoms with Crippen molar-refractivity contribution < 1.29 is 9.84 Å². The maximum Gasteiger partial charge on any atom is 0.218 e. The van der Waals surface area contributed by atoms with Crippen molar-refractivity contribution in [3.8, 4) is 5.88 Å². The first-order chi connectivity index (χ1) is 12.8. The van der Waals surface area contributed by atoms with Gasteiger partial charge in [-0.05, 0) is 67.3 Å². The van der Waals surface area contributed by atoms with Gasteiger partial charge in [-0.25, -0.2) is 4.98 Å². The molecule has 1 fully saturated rings. The number of aliphatic hydroxyl groups excluding tert-OH is 1. The zero-order valence-corrected chi connectivity index (χ0v) is 15.6. The third-order valence-electron chi connectivity index (χ3n) is 5.85. The van der Waals surface area contributed by atoms with Crippen LogP contribution in [0.4, 0.5) is 0 Å². The maximum absolute atomic E-state index is 9.06. The zero-order chi connectivity index (χ0) is 17.8. The van der Waals surface area contributed by atoms with Crippen molar-refractivity contribution in [2.24, 2.45) is 5.92 Å². The summed E-state index contributed by atoms with van der Waals surface area (Å²) in [6.45, 7) is 2.19. The lowest BCUT2D eigenvalue weighted by molar-refractivity contribution is 0.201. The lowest BCUT2D eigenvalue weighted by Gasteiger charge is -2.22. The van der Waals surface area contributed by atoms with Gasteiger partial charge in [-0.1, -0.05) is 19.3 Å². The van der Waals surface area contributed by atoms with Crippen LogP contribution in [-0.2, 0) is 19.4 Å². The van der Waals surface area contributed by atoms with E-state index in [0.29, 0.717) is 19.0 Å². The van der Waals surface area contributed by atoms with Gasteiger partial charge < -0.3 is 15.2 Å². The van der Waals surface area contributed by atoms with E-state index in [1.54, 1.807) is 0 Å². The molecule has 0 amide bonds. The fourth-order valence-electron chi connectivity index (χ4n) is 4.38. The predicted octanol–water partition coefficient (Wildman–Crippen LogP) is 3.76. The summed E-state index contributed by atoms with van der Waals surface area (Å²) >= 11 is 0. The fourth-order valence-corrected chi connectivity index (χ4v) is 4.38. The lowest BCUT2D eigenvalue weighted by atomic mass is 9.90. The molecule has 2 aliphatic carbocycles. The number of aromatic nitrogens is 1.